The molecule has 0 spiro atoms. The van der Waals surface area contributed by atoms with Gasteiger partial charge in [-0.15, -0.1) is 0 Å². The Kier molecular flexibility index (Phi) is 2.97. The van der Waals surface area contributed by atoms with Gasteiger partial charge < -0.3 is 14.1 Å². The van der Waals surface area contributed by atoms with Crippen LogP contribution in [0, 0.1) is 0 Å². The standard InChI is InChI=1S/C8H7ClO4/c1-12-5-2-3-6(8(10)11)7(4-5)13-9/h2-4H,1H3,(H,10,11). The van der Waals surface area contributed by atoms with E-state index in [0.717, 1.165) is 0 Å². The van der Waals surface area contributed by atoms with Crippen molar-refractivity contribution in [3.05, 3.63) is 23.8 Å². The van der Waals surface area contributed by atoms with Crippen LogP contribution in [0.1, 0.15) is 10.4 Å². The number of halogens is 1. The van der Waals surface area contributed by atoms with Crippen LogP contribution in [0.4, 0.5) is 0 Å². The van der Waals surface area contributed by atoms with E-state index < -0.39 is 5.97 Å². The highest BCUT2D eigenvalue weighted by Gasteiger charge is 2.11. The molecule has 70 valence electrons. The van der Waals surface area contributed by atoms with Crippen molar-refractivity contribution in [3.63, 3.8) is 0 Å². The van der Waals surface area contributed by atoms with Crippen LogP contribution in [-0.4, -0.2) is 18.2 Å². The number of hydrogen-bond acceptors (Lipinski definition) is 3. The summed E-state index contributed by atoms with van der Waals surface area (Å²) in [7, 11) is 1.47. The molecule has 4 nitrogen and oxygen atoms in total. The lowest BCUT2D eigenvalue weighted by Crippen LogP contribution is -1.98. The molecule has 0 saturated heterocycles. The quantitative estimate of drug-likeness (QED) is 0.814. The van der Waals surface area contributed by atoms with Crippen LogP contribution in [-0.2, 0) is 0 Å². The average molecular weight is 203 g/mol. The van der Waals surface area contributed by atoms with Crippen molar-refractivity contribution in [3.8, 4) is 11.5 Å². The van der Waals surface area contributed by atoms with E-state index in [1.165, 1.54) is 25.3 Å². The molecule has 0 amide bonds. The van der Waals surface area contributed by atoms with Gasteiger partial charge in [-0.25, -0.2) is 4.79 Å². The van der Waals surface area contributed by atoms with Crippen LogP contribution in [0.2, 0.25) is 0 Å². The monoisotopic (exact) mass is 202 g/mol. The normalized spacial score (nSPS) is 9.38. The number of rotatable bonds is 3. The van der Waals surface area contributed by atoms with Crippen molar-refractivity contribution in [1.29, 1.82) is 0 Å². The first-order valence-electron chi connectivity index (χ1n) is 3.39. The average Bonchev–Trinajstić information content (AvgIpc) is 2.16. The van der Waals surface area contributed by atoms with Gasteiger partial charge in [-0.2, -0.15) is 0 Å². The van der Waals surface area contributed by atoms with Gasteiger partial charge in [-0.3, -0.25) is 0 Å². The molecule has 1 N–H and O–H groups in total. The van der Waals surface area contributed by atoms with Crippen LogP contribution >= 0.6 is 11.9 Å². The fourth-order valence-electron chi connectivity index (χ4n) is 0.870. The number of carboxylic acids is 1. The summed E-state index contributed by atoms with van der Waals surface area (Å²) in [4.78, 5) is 10.6. The fraction of sp³-hybridized carbons (Fsp3) is 0.125. The molecule has 0 bridgehead atoms. The molecular formula is C8H7ClO4. The number of aromatic carboxylic acids is 1. The van der Waals surface area contributed by atoms with Gasteiger partial charge >= 0.3 is 5.97 Å². The Bertz CT molecular complexity index is 324. The molecule has 0 saturated carbocycles. The molecule has 0 aliphatic carbocycles. The van der Waals surface area contributed by atoms with E-state index in [9.17, 15) is 4.79 Å². The number of ether oxygens (including phenoxy) is 1. The zero-order valence-electron chi connectivity index (χ0n) is 6.78. The van der Waals surface area contributed by atoms with Gasteiger partial charge in [-0.05, 0) is 12.1 Å². The van der Waals surface area contributed by atoms with Gasteiger partial charge in [0.05, 0.1) is 7.11 Å². The van der Waals surface area contributed by atoms with E-state index in [4.69, 9.17) is 21.7 Å². The second kappa shape index (κ2) is 4.00. The molecule has 13 heavy (non-hydrogen) atoms. The van der Waals surface area contributed by atoms with Crippen molar-refractivity contribution in [2.75, 3.05) is 7.11 Å². The Hall–Kier alpha value is -1.42. The fourth-order valence-corrected chi connectivity index (χ4v) is 0.998. The third-order valence-corrected chi connectivity index (χ3v) is 1.67. The van der Waals surface area contributed by atoms with Crippen molar-refractivity contribution >= 4 is 17.8 Å². The molecule has 0 unspecified atom stereocenters. The zero-order valence-corrected chi connectivity index (χ0v) is 7.54. The third kappa shape index (κ3) is 2.03. The molecule has 0 aromatic heterocycles. The number of benzene rings is 1. The van der Waals surface area contributed by atoms with Gasteiger partial charge in [0, 0.05) is 6.07 Å². The first-order valence-corrected chi connectivity index (χ1v) is 3.70. The minimum Gasteiger partial charge on any atom is -0.497 e. The van der Waals surface area contributed by atoms with E-state index >= 15 is 0 Å². The molecular weight excluding hydrogens is 196 g/mol. The summed E-state index contributed by atoms with van der Waals surface area (Å²) in [5.41, 5.74) is -0.00389. The highest BCUT2D eigenvalue weighted by atomic mass is 35.5. The smallest absolute Gasteiger partial charge is 0.339 e. The molecule has 1 aromatic rings. The minimum absolute atomic E-state index is 0.00389. The van der Waals surface area contributed by atoms with Gasteiger partial charge in [0.1, 0.15) is 23.2 Å². The van der Waals surface area contributed by atoms with Gasteiger partial charge in [0.25, 0.3) is 0 Å². The molecule has 0 aliphatic heterocycles. The summed E-state index contributed by atoms with van der Waals surface area (Å²) < 4.78 is 9.22. The maximum atomic E-state index is 10.6. The van der Waals surface area contributed by atoms with E-state index in [-0.39, 0.29) is 11.3 Å². The summed E-state index contributed by atoms with van der Waals surface area (Å²) in [6.45, 7) is 0. The van der Waals surface area contributed by atoms with Crippen LogP contribution < -0.4 is 9.03 Å². The Morgan fingerprint density at radius 2 is 2.23 bits per heavy atom. The Labute approximate surface area is 79.8 Å². The molecule has 0 fully saturated rings. The maximum absolute atomic E-state index is 10.6. The van der Waals surface area contributed by atoms with Crippen LogP contribution in [0.3, 0.4) is 0 Å². The number of carboxylic acid groups (broad SMARTS) is 1. The van der Waals surface area contributed by atoms with Crippen molar-refractivity contribution in [2.45, 2.75) is 0 Å². The Morgan fingerprint density at radius 1 is 1.54 bits per heavy atom. The van der Waals surface area contributed by atoms with Crippen molar-refractivity contribution in [2.24, 2.45) is 0 Å². The Balaban J connectivity index is 3.15. The first-order chi connectivity index (χ1) is 6.19. The Morgan fingerprint density at radius 3 is 2.69 bits per heavy atom. The topological polar surface area (TPSA) is 55.8 Å². The van der Waals surface area contributed by atoms with Gasteiger partial charge in [0.15, 0.2) is 5.75 Å². The summed E-state index contributed by atoms with van der Waals surface area (Å²) in [5.74, 6) is -0.549. The largest absolute Gasteiger partial charge is 0.497 e. The van der Waals surface area contributed by atoms with E-state index in [2.05, 4.69) is 4.29 Å². The number of hydrogen-bond donors (Lipinski definition) is 1. The van der Waals surface area contributed by atoms with Crippen molar-refractivity contribution < 1.29 is 18.9 Å². The molecule has 1 rings (SSSR count). The highest BCUT2D eigenvalue weighted by molar-refractivity contribution is 6.10. The second-order valence-electron chi connectivity index (χ2n) is 2.24. The van der Waals surface area contributed by atoms with Crippen LogP contribution in [0.25, 0.3) is 0 Å². The zero-order chi connectivity index (χ0) is 9.84. The predicted octanol–water partition coefficient (Wildman–Crippen LogP) is 1.93. The molecule has 0 heterocycles. The number of carbonyl (C=O) groups is 1. The molecule has 0 aliphatic rings. The van der Waals surface area contributed by atoms with E-state index in [0.29, 0.717) is 5.75 Å². The first kappa shape index (κ1) is 9.67. The molecule has 0 atom stereocenters. The van der Waals surface area contributed by atoms with Crippen LogP contribution in [0.15, 0.2) is 18.2 Å². The molecule has 5 heteroatoms. The van der Waals surface area contributed by atoms with Gasteiger partial charge in [0.2, 0.25) is 0 Å². The summed E-state index contributed by atoms with van der Waals surface area (Å²) in [6.07, 6.45) is 0. The lowest BCUT2D eigenvalue weighted by molar-refractivity contribution is 0.0695. The van der Waals surface area contributed by atoms with Crippen LogP contribution in [0.5, 0.6) is 11.5 Å². The summed E-state index contributed by atoms with van der Waals surface area (Å²) >= 11 is 5.09. The SMILES string of the molecule is COc1ccc(C(=O)O)c(OCl)c1. The van der Waals surface area contributed by atoms with E-state index in [1.54, 1.807) is 0 Å². The third-order valence-electron chi connectivity index (χ3n) is 1.50. The highest BCUT2D eigenvalue weighted by Crippen LogP contribution is 2.25. The predicted molar refractivity (Wildman–Crippen MR) is 46.4 cm³/mol. The molecule has 0 radical (unpaired) electrons. The van der Waals surface area contributed by atoms with E-state index in [1.807, 2.05) is 0 Å². The second-order valence-corrected chi connectivity index (χ2v) is 2.40. The van der Waals surface area contributed by atoms with Crippen molar-refractivity contribution in [1.82, 2.24) is 0 Å². The molecule has 1 aromatic carbocycles. The summed E-state index contributed by atoms with van der Waals surface area (Å²) in [5, 5.41) is 8.68. The lowest BCUT2D eigenvalue weighted by atomic mass is 10.2. The maximum Gasteiger partial charge on any atom is 0.339 e. The lowest BCUT2D eigenvalue weighted by Gasteiger charge is -2.04. The minimum atomic E-state index is -1.10. The van der Waals surface area contributed by atoms with Gasteiger partial charge in [-0.1, -0.05) is 0 Å². The summed E-state index contributed by atoms with van der Waals surface area (Å²) in [6, 6.07) is 4.28. The number of methoxy groups -OCH3 is 1.